The summed E-state index contributed by atoms with van der Waals surface area (Å²) in [5, 5.41) is 9.78. The predicted octanol–water partition coefficient (Wildman–Crippen LogP) is 2.29. The molecule has 1 aliphatic heterocycles. The van der Waals surface area contributed by atoms with Crippen LogP contribution in [0.25, 0.3) is 0 Å². The van der Waals surface area contributed by atoms with Gasteiger partial charge in [0.05, 0.1) is 6.10 Å². The van der Waals surface area contributed by atoms with E-state index in [1.807, 2.05) is 0 Å². The van der Waals surface area contributed by atoms with Gasteiger partial charge in [0.25, 0.3) is 0 Å². The van der Waals surface area contributed by atoms with E-state index in [1.165, 1.54) is 38.5 Å². The van der Waals surface area contributed by atoms with Gasteiger partial charge in [-0.15, -0.1) is 0 Å². The summed E-state index contributed by atoms with van der Waals surface area (Å²) in [6, 6.07) is 0. The smallest absolute Gasteiger partial charge is 0.0702 e. The minimum atomic E-state index is 0.153. The van der Waals surface area contributed by atoms with Gasteiger partial charge < -0.3 is 14.7 Å². The standard InChI is InChI=1S/C15H29NO2/c1-13-5-7-15(12-17,8-6-13)11-16(2)10-14-4-3-9-18-14/h13-14,17H,3-12H2,1-2H3. The van der Waals surface area contributed by atoms with Crippen LogP contribution in [0, 0.1) is 11.3 Å². The molecule has 1 N–H and O–H groups in total. The second-order valence-corrected chi connectivity index (χ2v) is 6.67. The fraction of sp³-hybridized carbons (Fsp3) is 1.00. The number of hydrogen-bond acceptors (Lipinski definition) is 3. The monoisotopic (exact) mass is 255 g/mol. The Kier molecular flexibility index (Phi) is 5.05. The Bertz CT molecular complexity index is 243. The number of aliphatic hydroxyl groups excluding tert-OH is 1. The van der Waals surface area contributed by atoms with Crippen molar-refractivity contribution in [3.05, 3.63) is 0 Å². The molecule has 0 radical (unpaired) electrons. The molecule has 1 unspecified atom stereocenters. The lowest BCUT2D eigenvalue weighted by Gasteiger charge is -2.41. The second-order valence-electron chi connectivity index (χ2n) is 6.67. The zero-order valence-electron chi connectivity index (χ0n) is 12.0. The summed E-state index contributed by atoms with van der Waals surface area (Å²) in [7, 11) is 2.18. The molecule has 0 bridgehead atoms. The topological polar surface area (TPSA) is 32.7 Å². The SMILES string of the molecule is CC1CCC(CO)(CN(C)CC2CCCO2)CC1. The summed E-state index contributed by atoms with van der Waals surface area (Å²) < 4.78 is 5.69. The Morgan fingerprint density at radius 1 is 1.28 bits per heavy atom. The third-order valence-corrected chi connectivity index (χ3v) is 4.81. The summed E-state index contributed by atoms with van der Waals surface area (Å²) in [6.07, 6.45) is 7.74. The van der Waals surface area contributed by atoms with E-state index in [-0.39, 0.29) is 5.41 Å². The normalized spacial score (nSPS) is 37.3. The van der Waals surface area contributed by atoms with Crippen LogP contribution >= 0.6 is 0 Å². The summed E-state index contributed by atoms with van der Waals surface area (Å²) in [4.78, 5) is 2.38. The molecule has 1 saturated carbocycles. The quantitative estimate of drug-likeness (QED) is 0.818. The van der Waals surface area contributed by atoms with Crippen LogP contribution in [-0.2, 0) is 4.74 Å². The van der Waals surface area contributed by atoms with Crippen molar-refractivity contribution < 1.29 is 9.84 Å². The molecule has 18 heavy (non-hydrogen) atoms. The fourth-order valence-corrected chi connectivity index (χ4v) is 3.51. The van der Waals surface area contributed by atoms with Crippen molar-refractivity contribution in [2.45, 2.75) is 51.6 Å². The number of aliphatic hydroxyl groups is 1. The van der Waals surface area contributed by atoms with Gasteiger partial charge in [0, 0.05) is 31.7 Å². The van der Waals surface area contributed by atoms with Gasteiger partial charge in [0.1, 0.15) is 0 Å². The van der Waals surface area contributed by atoms with Crippen LogP contribution in [0.15, 0.2) is 0 Å². The fourth-order valence-electron chi connectivity index (χ4n) is 3.51. The summed E-state index contributed by atoms with van der Waals surface area (Å²) in [5.41, 5.74) is 0.153. The first-order chi connectivity index (χ1) is 8.63. The molecule has 0 aromatic carbocycles. The number of likely N-dealkylation sites (N-methyl/N-ethyl adjacent to an activating group) is 1. The molecule has 1 aliphatic carbocycles. The van der Waals surface area contributed by atoms with Crippen molar-refractivity contribution in [3.63, 3.8) is 0 Å². The highest BCUT2D eigenvalue weighted by Gasteiger charge is 2.35. The van der Waals surface area contributed by atoms with Gasteiger partial charge in [-0.05, 0) is 38.6 Å². The number of nitrogens with zero attached hydrogens (tertiary/aromatic N) is 1. The molecule has 1 saturated heterocycles. The van der Waals surface area contributed by atoms with E-state index in [0.717, 1.165) is 25.6 Å². The van der Waals surface area contributed by atoms with E-state index >= 15 is 0 Å². The molecule has 2 fully saturated rings. The maximum atomic E-state index is 9.78. The maximum absolute atomic E-state index is 9.78. The van der Waals surface area contributed by atoms with Crippen molar-refractivity contribution in [1.82, 2.24) is 4.90 Å². The molecular formula is C15H29NO2. The van der Waals surface area contributed by atoms with Crippen molar-refractivity contribution in [2.75, 3.05) is 33.4 Å². The predicted molar refractivity (Wildman–Crippen MR) is 73.6 cm³/mol. The Morgan fingerprint density at radius 3 is 2.56 bits per heavy atom. The largest absolute Gasteiger partial charge is 0.396 e. The van der Waals surface area contributed by atoms with Crippen molar-refractivity contribution in [3.8, 4) is 0 Å². The van der Waals surface area contributed by atoms with E-state index in [4.69, 9.17) is 4.74 Å². The van der Waals surface area contributed by atoms with Crippen LogP contribution in [0.1, 0.15) is 45.4 Å². The maximum Gasteiger partial charge on any atom is 0.0702 e. The van der Waals surface area contributed by atoms with E-state index in [9.17, 15) is 5.11 Å². The average Bonchev–Trinajstić information content (AvgIpc) is 2.85. The molecule has 2 aliphatic rings. The van der Waals surface area contributed by atoms with Gasteiger partial charge in [0.15, 0.2) is 0 Å². The molecular weight excluding hydrogens is 226 g/mol. The third-order valence-electron chi connectivity index (χ3n) is 4.81. The molecule has 0 aromatic rings. The first-order valence-electron chi connectivity index (χ1n) is 7.54. The number of rotatable bonds is 5. The zero-order chi connectivity index (χ0) is 13.0. The van der Waals surface area contributed by atoms with Crippen LogP contribution < -0.4 is 0 Å². The van der Waals surface area contributed by atoms with Gasteiger partial charge in [-0.2, -0.15) is 0 Å². The highest BCUT2D eigenvalue weighted by Crippen LogP contribution is 2.39. The van der Waals surface area contributed by atoms with E-state index in [1.54, 1.807) is 0 Å². The summed E-state index contributed by atoms with van der Waals surface area (Å²) in [6.45, 7) is 5.65. The van der Waals surface area contributed by atoms with E-state index < -0.39 is 0 Å². The molecule has 0 spiro atoms. The Hall–Kier alpha value is -0.120. The van der Waals surface area contributed by atoms with Crippen molar-refractivity contribution in [2.24, 2.45) is 11.3 Å². The van der Waals surface area contributed by atoms with Gasteiger partial charge >= 0.3 is 0 Å². The molecule has 106 valence electrons. The minimum Gasteiger partial charge on any atom is -0.396 e. The van der Waals surface area contributed by atoms with Gasteiger partial charge in [-0.1, -0.05) is 19.8 Å². The average molecular weight is 255 g/mol. The number of hydrogen-bond donors (Lipinski definition) is 1. The summed E-state index contributed by atoms with van der Waals surface area (Å²) in [5.74, 6) is 0.841. The molecule has 0 aromatic heterocycles. The van der Waals surface area contributed by atoms with Crippen LogP contribution in [-0.4, -0.2) is 49.5 Å². The third kappa shape index (κ3) is 3.69. The van der Waals surface area contributed by atoms with Crippen LogP contribution in [0.3, 0.4) is 0 Å². The minimum absolute atomic E-state index is 0.153. The Labute approximate surface area is 112 Å². The van der Waals surface area contributed by atoms with Gasteiger partial charge in [0.2, 0.25) is 0 Å². The Balaban J connectivity index is 1.81. The van der Waals surface area contributed by atoms with Crippen LogP contribution in [0.4, 0.5) is 0 Å². The van der Waals surface area contributed by atoms with Gasteiger partial charge in [-0.3, -0.25) is 0 Å². The molecule has 1 heterocycles. The highest BCUT2D eigenvalue weighted by molar-refractivity contribution is 4.87. The zero-order valence-corrected chi connectivity index (χ0v) is 12.0. The lowest BCUT2D eigenvalue weighted by molar-refractivity contribution is 0.0171. The van der Waals surface area contributed by atoms with E-state index in [2.05, 4.69) is 18.9 Å². The Morgan fingerprint density at radius 2 is 2.00 bits per heavy atom. The van der Waals surface area contributed by atoms with Crippen LogP contribution in [0.5, 0.6) is 0 Å². The summed E-state index contributed by atoms with van der Waals surface area (Å²) >= 11 is 0. The molecule has 0 amide bonds. The molecule has 3 heteroatoms. The lowest BCUT2D eigenvalue weighted by atomic mass is 9.71. The van der Waals surface area contributed by atoms with Crippen LogP contribution in [0.2, 0.25) is 0 Å². The van der Waals surface area contributed by atoms with Gasteiger partial charge in [-0.25, -0.2) is 0 Å². The highest BCUT2D eigenvalue weighted by atomic mass is 16.5. The molecule has 3 nitrogen and oxygen atoms in total. The molecule has 2 rings (SSSR count). The first-order valence-corrected chi connectivity index (χ1v) is 7.54. The second kappa shape index (κ2) is 6.36. The lowest BCUT2D eigenvalue weighted by Crippen LogP contribution is -2.43. The van der Waals surface area contributed by atoms with Crippen molar-refractivity contribution >= 4 is 0 Å². The molecule has 1 atom stereocenters. The van der Waals surface area contributed by atoms with E-state index in [0.29, 0.717) is 12.7 Å². The van der Waals surface area contributed by atoms with Crippen molar-refractivity contribution in [1.29, 1.82) is 0 Å². The first kappa shape index (κ1) is 14.3. The number of ether oxygens (including phenoxy) is 1.